The molecule has 388 valence electrons. The van der Waals surface area contributed by atoms with Crippen LogP contribution in [0.5, 0.6) is 0 Å². The zero-order valence-electron chi connectivity index (χ0n) is 42.6. The number of carbonyl (C=O) groups is 7. The first kappa shape index (κ1) is 54.2. The number of ketones is 3. The van der Waals surface area contributed by atoms with Crippen molar-refractivity contribution in [3.8, 4) is 11.1 Å². The smallest absolute Gasteiger partial charge is 0.262 e. The Bertz CT molecular complexity index is 2630. The van der Waals surface area contributed by atoms with Crippen molar-refractivity contribution >= 4 is 58.7 Å². The Morgan fingerprint density at radius 2 is 1.58 bits per heavy atom. The number of piperazine rings is 1. The molecule has 3 N–H and O–H groups in total. The van der Waals surface area contributed by atoms with E-state index < -0.39 is 29.7 Å². The molecule has 2 aromatic carbocycles. The molecule has 4 aliphatic rings. The molecule has 0 saturated carbocycles. The van der Waals surface area contributed by atoms with Gasteiger partial charge in [0.25, 0.3) is 11.8 Å². The molecule has 3 aliphatic heterocycles. The number of amides is 4. The molecule has 1 atom stereocenters. The van der Waals surface area contributed by atoms with E-state index in [-0.39, 0.29) is 48.2 Å². The highest BCUT2D eigenvalue weighted by atomic mass is 16.5. The second kappa shape index (κ2) is 25.9. The SMILES string of the molecule is CC1=CC(C)=C(CCC(=O)c2cc(-c3ccc(N4CCN(CCC(=O)CCCOCCOCCOCCCc5cccc6c5C(=O)N(C5CCC(=O)NC5=O)C6=O)CC4)nc3)cc(NC(C)C)c2C=N)C(=O)C1. The predicted octanol–water partition coefficient (Wildman–Crippen LogP) is 6.71. The van der Waals surface area contributed by atoms with Gasteiger partial charge in [0.2, 0.25) is 11.8 Å². The minimum atomic E-state index is -0.999. The lowest BCUT2D eigenvalue weighted by Gasteiger charge is -2.35. The number of aryl methyl sites for hydroxylation is 1. The molecular formula is C56H69N7O10. The Morgan fingerprint density at radius 1 is 0.849 bits per heavy atom. The Morgan fingerprint density at radius 3 is 2.25 bits per heavy atom. The van der Waals surface area contributed by atoms with E-state index in [1.807, 2.05) is 64.2 Å². The molecule has 2 fully saturated rings. The summed E-state index contributed by atoms with van der Waals surface area (Å²) in [6.07, 6.45) is 8.89. The zero-order valence-corrected chi connectivity index (χ0v) is 42.6. The topological polar surface area (TPSA) is 218 Å². The summed E-state index contributed by atoms with van der Waals surface area (Å²) in [7, 11) is 0. The molecule has 4 amide bonds. The van der Waals surface area contributed by atoms with E-state index in [1.54, 1.807) is 18.2 Å². The molecule has 2 saturated heterocycles. The maximum Gasteiger partial charge on any atom is 0.262 e. The number of anilines is 2. The normalized spacial score (nSPS) is 17.4. The second-order valence-electron chi connectivity index (χ2n) is 19.5. The zero-order chi connectivity index (χ0) is 52.0. The molecule has 1 aromatic heterocycles. The van der Waals surface area contributed by atoms with E-state index in [4.69, 9.17) is 24.6 Å². The molecule has 3 aromatic rings. The molecule has 0 spiro atoms. The summed E-state index contributed by atoms with van der Waals surface area (Å²) < 4.78 is 17.0. The van der Waals surface area contributed by atoms with Gasteiger partial charge < -0.3 is 29.8 Å². The fourth-order valence-corrected chi connectivity index (χ4v) is 9.86. The van der Waals surface area contributed by atoms with Crippen molar-refractivity contribution in [3.63, 3.8) is 0 Å². The first-order valence-corrected chi connectivity index (χ1v) is 25.6. The number of allylic oxidation sites excluding steroid dienone is 4. The third-order valence-corrected chi connectivity index (χ3v) is 13.6. The highest BCUT2D eigenvalue weighted by Gasteiger charge is 2.45. The van der Waals surface area contributed by atoms with Crippen molar-refractivity contribution in [2.75, 3.05) is 82.6 Å². The first-order chi connectivity index (χ1) is 35.2. The highest BCUT2D eigenvalue weighted by Crippen LogP contribution is 2.33. The number of carbonyl (C=O) groups excluding carboxylic acids is 7. The number of rotatable bonds is 27. The van der Waals surface area contributed by atoms with Gasteiger partial charge in [-0.05, 0) is 112 Å². The number of ether oxygens (including phenoxy) is 3. The minimum absolute atomic E-state index is 0.0692. The maximum atomic E-state index is 13.8. The van der Waals surface area contributed by atoms with Crippen molar-refractivity contribution in [1.29, 1.82) is 5.41 Å². The largest absolute Gasteiger partial charge is 0.382 e. The third-order valence-electron chi connectivity index (χ3n) is 13.6. The first-order valence-electron chi connectivity index (χ1n) is 25.6. The molecule has 17 heteroatoms. The number of benzene rings is 2. The van der Waals surface area contributed by atoms with Gasteiger partial charge in [0.1, 0.15) is 17.6 Å². The molecule has 0 radical (unpaired) electrons. The van der Waals surface area contributed by atoms with E-state index in [2.05, 4.69) is 20.4 Å². The number of nitrogens with one attached hydrogen (secondary N) is 3. The Hall–Kier alpha value is -6.53. The van der Waals surface area contributed by atoms with Crippen LogP contribution in [-0.4, -0.2) is 146 Å². The Labute approximate surface area is 427 Å². The quantitative estimate of drug-likeness (QED) is 0.0313. The maximum absolute atomic E-state index is 13.8. The third kappa shape index (κ3) is 14.2. The van der Waals surface area contributed by atoms with Crippen LogP contribution >= 0.6 is 0 Å². The van der Waals surface area contributed by atoms with E-state index in [1.165, 1.54) is 6.21 Å². The predicted molar refractivity (Wildman–Crippen MR) is 277 cm³/mol. The number of nitrogens with zero attached hydrogens (tertiary/aromatic N) is 4. The van der Waals surface area contributed by atoms with Gasteiger partial charge in [-0.15, -0.1) is 0 Å². The van der Waals surface area contributed by atoms with Crippen molar-refractivity contribution in [3.05, 3.63) is 99.3 Å². The van der Waals surface area contributed by atoms with Crippen LogP contribution < -0.4 is 15.5 Å². The lowest BCUT2D eigenvalue weighted by Crippen LogP contribution is -2.54. The van der Waals surface area contributed by atoms with Crippen LogP contribution in [0.25, 0.3) is 11.1 Å². The second-order valence-corrected chi connectivity index (χ2v) is 19.5. The molecule has 0 bridgehead atoms. The molecule has 73 heavy (non-hydrogen) atoms. The summed E-state index contributed by atoms with van der Waals surface area (Å²) in [5, 5.41) is 13.9. The van der Waals surface area contributed by atoms with Gasteiger partial charge in [-0.3, -0.25) is 48.7 Å². The van der Waals surface area contributed by atoms with Gasteiger partial charge >= 0.3 is 0 Å². The van der Waals surface area contributed by atoms with Crippen LogP contribution in [0.15, 0.2) is 71.5 Å². The van der Waals surface area contributed by atoms with Gasteiger partial charge in [-0.2, -0.15) is 0 Å². The van der Waals surface area contributed by atoms with E-state index in [0.717, 1.165) is 59.2 Å². The number of piperidine rings is 1. The monoisotopic (exact) mass is 1000 g/mol. The number of hydrogen-bond donors (Lipinski definition) is 3. The van der Waals surface area contributed by atoms with E-state index in [9.17, 15) is 33.6 Å². The van der Waals surface area contributed by atoms with Crippen LogP contribution in [0.1, 0.15) is 128 Å². The van der Waals surface area contributed by atoms with Gasteiger partial charge in [0, 0.05) is 119 Å². The lowest BCUT2D eigenvalue weighted by molar-refractivity contribution is -0.136. The molecule has 1 unspecified atom stereocenters. The fraction of sp³-hybridized carbons (Fsp3) is 0.482. The summed E-state index contributed by atoms with van der Waals surface area (Å²) in [5.41, 5.74) is 7.29. The van der Waals surface area contributed by atoms with Crippen molar-refractivity contribution < 1.29 is 47.8 Å². The van der Waals surface area contributed by atoms with Crippen LogP contribution in [0.3, 0.4) is 0 Å². The molecular weight excluding hydrogens is 931 g/mol. The van der Waals surface area contributed by atoms with Crippen molar-refractivity contribution in [2.45, 2.75) is 104 Å². The molecule has 1 aliphatic carbocycles. The molecule has 4 heterocycles. The summed E-state index contributed by atoms with van der Waals surface area (Å²) in [6.45, 7) is 14.3. The van der Waals surface area contributed by atoms with E-state index >= 15 is 0 Å². The van der Waals surface area contributed by atoms with Crippen molar-refractivity contribution in [2.24, 2.45) is 0 Å². The Balaban J connectivity index is 0.743. The van der Waals surface area contributed by atoms with Crippen LogP contribution in [-0.2, 0) is 39.8 Å². The van der Waals surface area contributed by atoms with Gasteiger partial charge in [0.05, 0.1) is 37.6 Å². The lowest BCUT2D eigenvalue weighted by atomic mass is 9.88. The van der Waals surface area contributed by atoms with Crippen LogP contribution in [0.4, 0.5) is 11.5 Å². The van der Waals surface area contributed by atoms with E-state index in [0.29, 0.717) is 125 Å². The average Bonchev–Trinajstić information content (AvgIpc) is 3.62. The van der Waals surface area contributed by atoms with Crippen LogP contribution in [0, 0.1) is 5.41 Å². The number of Topliss-reactive ketones (excluding diaryl/α,β-unsaturated/α-hetero) is 3. The number of hydrogen-bond acceptors (Lipinski definition) is 15. The van der Waals surface area contributed by atoms with Crippen molar-refractivity contribution in [1.82, 2.24) is 20.1 Å². The van der Waals surface area contributed by atoms with Crippen LogP contribution in [0.2, 0.25) is 0 Å². The molecule has 17 nitrogen and oxygen atoms in total. The highest BCUT2D eigenvalue weighted by molar-refractivity contribution is 6.24. The van der Waals surface area contributed by atoms with Gasteiger partial charge in [0.15, 0.2) is 11.6 Å². The summed E-state index contributed by atoms with van der Waals surface area (Å²) in [6, 6.07) is 12.0. The summed E-state index contributed by atoms with van der Waals surface area (Å²) in [4.78, 5) is 100.0. The summed E-state index contributed by atoms with van der Waals surface area (Å²) >= 11 is 0. The Kier molecular flexibility index (Phi) is 19.3. The number of pyridine rings is 1. The number of aromatic nitrogens is 1. The van der Waals surface area contributed by atoms with Gasteiger partial charge in [-0.1, -0.05) is 23.8 Å². The standard InChI is InChI=1S/C56H69N7O10/c1-36(2)59-47-33-41(32-45(46(47)34-57)49(65)15-13-43-38(4)30-37(3)31-50(43)66)40-12-16-51(58-35-40)62-22-20-61(21-23-62)19-18-42(64)10-7-25-72-27-29-73-28-26-71-24-6-9-39-8-5-11-44-53(39)56(70)63(55(44)69)48-14-17-52(67)60-54(48)68/h5,8,11-12,16,30,32-36,48,57,59H,6-7,9-10,13-15,17-29,31H2,1-4H3,(H,60,67,68). The van der Waals surface area contributed by atoms with Gasteiger partial charge in [-0.25, -0.2) is 4.98 Å². The fourth-order valence-electron chi connectivity index (χ4n) is 9.86. The number of imide groups is 2. The minimum Gasteiger partial charge on any atom is -0.382 e. The number of fused-ring (bicyclic) bond motifs is 1. The summed E-state index contributed by atoms with van der Waals surface area (Å²) in [5.74, 6) is -1.04. The molecule has 7 rings (SSSR count). The average molecular weight is 1000 g/mol.